The molecule has 2 N–H and O–H groups in total. The van der Waals surface area contributed by atoms with Gasteiger partial charge in [0.2, 0.25) is 17.7 Å². The smallest absolute Gasteiger partial charge is 0.307 e. The molecule has 0 bridgehead atoms. The highest BCUT2D eigenvalue weighted by Gasteiger charge is 2.43. The molecule has 0 unspecified atom stereocenters. The quantitative estimate of drug-likeness (QED) is 0.106. The summed E-state index contributed by atoms with van der Waals surface area (Å²) >= 11 is 0. The number of ketones is 1. The first-order valence-electron chi connectivity index (χ1n) is 21.4. The maximum atomic E-state index is 14.4. The molecule has 3 amide bonds. The normalized spacial score (nSPS) is 18.8. The Labute approximate surface area is 343 Å². The number of hydrogen-bond donors (Lipinski definition) is 2. The molecule has 0 saturated carbocycles. The van der Waals surface area contributed by atoms with Gasteiger partial charge in [-0.1, -0.05) is 105 Å². The number of carbonyl (C=O) groups excluding carboxylic acids is 4. The number of carbonyl (C=O) groups is 5. The van der Waals surface area contributed by atoms with Crippen LogP contribution in [0.15, 0.2) is 30.3 Å². The van der Waals surface area contributed by atoms with Crippen molar-refractivity contribution >= 4 is 29.5 Å². The molecule has 12 nitrogen and oxygen atoms in total. The first-order valence-corrected chi connectivity index (χ1v) is 21.4. The van der Waals surface area contributed by atoms with Crippen LogP contribution in [0.2, 0.25) is 0 Å². The zero-order valence-electron chi connectivity index (χ0n) is 37.2. The van der Waals surface area contributed by atoms with Gasteiger partial charge in [0.15, 0.2) is 0 Å². The number of carboxylic acids is 1. The van der Waals surface area contributed by atoms with Gasteiger partial charge in [-0.05, 0) is 62.6 Å². The minimum absolute atomic E-state index is 0.00718. The van der Waals surface area contributed by atoms with Crippen molar-refractivity contribution in [2.24, 2.45) is 29.6 Å². The molecule has 1 aromatic carbocycles. The number of likely N-dealkylation sites (N-methyl/N-ethyl adjacent to an activating group) is 2. The number of methoxy groups -OCH3 is 2. The lowest BCUT2D eigenvalue weighted by atomic mass is 9.85. The molecular weight excluding hydrogens is 725 g/mol. The Morgan fingerprint density at radius 1 is 0.912 bits per heavy atom. The van der Waals surface area contributed by atoms with E-state index in [1.54, 1.807) is 30.9 Å². The standard InChI is InChI=1S/C45H76N4O8/c1-13-15-19-24-47(9)40(30(5)6)43(52)46-39(29(3)4)44(53)48(10)41(31(7)14-2)37(56-11)28-38(51)49-25-20-23-35(49)42(57-12)32(8)36(50)27-34(45(54)55)26-33-21-17-16-18-22-33/h16-18,21-22,29-32,34-35,37,39-42H,13-15,19-20,23-28H2,1-12H3,(H,46,52)(H,54,55)/t31-,32-,34+,35-,37+,39-,40-,41-,42+/m0/s1. The average Bonchev–Trinajstić information content (AvgIpc) is 3.66. The molecule has 57 heavy (non-hydrogen) atoms. The fourth-order valence-electron chi connectivity index (χ4n) is 8.65. The van der Waals surface area contributed by atoms with E-state index in [0.717, 1.165) is 44.2 Å². The predicted molar refractivity (Wildman–Crippen MR) is 225 cm³/mol. The van der Waals surface area contributed by atoms with E-state index in [1.807, 2.05) is 78.9 Å². The van der Waals surface area contributed by atoms with E-state index in [4.69, 9.17) is 9.47 Å². The van der Waals surface area contributed by atoms with Crippen molar-refractivity contribution in [2.75, 3.05) is 41.4 Å². The molecule has 9 atom stereocenters. The second kappa shape index (κ2) is 24.5. The van der Waals surface area contributed by atoms with Crippen LogP contribution in [0.1, 0.15) is 112 Å². The number of Topliss-reactive ketones (excluding diaryl/α,β-unsaturated/α-hetero) is 1. The third-order valence-electron chi connectivity index (χ3n) is 12.2. The second-order valence-electron chi connectivity index (χ2n) is 17.1. The number of amides is 3. The predicted octanol–water partition coefficient (Wildman–Crippen LogP) is 6.10. The number of carboxylic acid groups (broad SMARTS) is 1. The van der Waals surface area contributed by atoms with Gasteiger partial charge in [-0.2, -0.15) is 0 Å². The number of aliphatic carboxylic acids is 1. The van der Waals surface area contributed by atoms with Crippen LogP contribution in [0.3, 0.4) is 0 Å². The molecule has 12 heteroatoms. The zero-order valence-corrected chi connectivity index (χ0v) is 37.2. The molecule has 0 aliphatic carbocycles. The van der Waals surface area contributed by atoms with Crippen molar-refractivity contribution in [3.8, 4) is 0 Å². The fourth-order valence-corrected chi connectivity index (χ4v) is 8.65. The third-order valence-corrected chi connectivity index (χ3v) is 12.2. The number of unbranched alkanes of at least 4 members (excludes halogenated alkanes) is 2. The number of hydrogen-bond acceptors (Lipinski definition) is 8. The van der Waals surface area contributed by atoms with Crippen molar-refractivity contribution in [2.45, 2.75) is 150 Å². The highest BCUT2D eigenvalue weighted by atomic mass is 16.5. The van der Waals surface area contributed by atoms with E-state index in [0.29, 0.717) is 13.0 Å². The van der Waals surface area contributed by atoms with E-state index in [9.17, 15) is 29.1 Å². The summed E-state index contributed by atoms with van der Waals surface area (Å²) in [6.07, 6.45) is 4.11. The molecule has 1 aliphatic rings. The molecular formula is C45H76N4O8. The summed E-state index contributed by atoms with van der Waals surface area (Å²) in [4.78, 5) is 73.9. The van der Waals surface area contributed by atoms with E-state index in [-0.39, 0.29) is 72.6 Å². The summed E-state index contributed by atoms with van der Waals surface area (Å²) in [6, 6.07) is 7.27. The lowest BCUT2D eigenvalue weighted by Crippen LogP contribution is -2.60. The van der Waals surface area contributed by atoms with E-state index < -0.39 is 42.1 Å². The minimum atomic E-state index is -1.02. The number of likely N-dealkylation sites (tertiary alicyclic amines) is 1. The van der Waals surface area contributed by atoms with Gasteiger partial charge in [-0.15, -0.1) is 0 Å². The summed E-state index contributed by atoms with van der Waals surface area (Å²) in [6.45, 7) is 17.2. The van der Waals surface area contributed by atoms with Gasteiger partial charge in [-0.3, -0.25) is 28.9 Å². The Hall–Kier alpha value is -3.35. The Balaban J connectivity index is 2.27. The van der Waals surface area contributed by atoms with E-state index in [2.05, 4.69) is 17.1 Å². The van der Waals surface area contributed by atoms with Gasteiger partial charge >= 0.3 is 5.97 Å². The van der Waals surface area contributed by atoms with Gasteiger partial charge in [0, 0.05) is 40.2 Å². The molecule has 1 fully saturated rings. The first-order chi connectivity index (χ1) is 26.9. The third kappa shape index (κ3) is 14.2. The van der Waals surface area contributed by atoms with Gasteiger partial charge in [-0.25, -0.2) is 0 Å². The van der Waals surface area contributed by atoms with Crippen LogP contribution in [-0.2, 0) is 39.9 Å². The summed E-state index contributed by atoms with van der Waals surface area (Å²) in [5.41, 5.74) is 0.849. The number of nitrogens with zero attached hydrogens (tertiary/aromatic N) is 3. The van der Waals surface area contributed by atoms with Crippen LogP contribution in [0, 0.1) is 29.6 Å². The second-order valence-corrected chi connectivity index (χ2v) is 17.1. The highest BCUT2D eigenvalue weighted by Crippen LogP contribution is 2.31. The molecule has 1 aromatic rings. The number of nitrogens with one attached hydrogen (secondary N) is 1. The van der Waals surface area contributed by atoms with Gasteiger partial charge in [0.25, 0.3) is 0 Å². The van der Waals surface area contributed by atoms with Crippen molar-refractivity contribution in [3.05, 3.63) is 35.9 Å². The monoisotopic (exact) mass is 801 g/mol. The summed E-state index contributed by atoms with van der Waals surface area (Å²) < 4.78 is 12.0. The average molecular weight is 801 g/mol. The Kier molecular flexibility index (Phi) is 21.4. The summed E-state index contributed by atoms with van der Waals surface area (Å²) in [7, 11) is 6.80. The Bertz CT molecular complexity index is 1410. The number of benzene rings is 1. The fraction of sp³-hybridized carbons (Fsp3) is 0.756. The van der Waals surface area contributed by atoms with Gasteiger partial charge in [0.1, 0.15) is 11.8 Å². The van der Waals surface area contributed by atoms with Gasteiger partial charge in [0.05, 0.1) is 42.7 Å². The van der Waals surface area contributed by atoms with Crippen molar-refractivity contribution < 1.29 is 38.6 Å². The summed E-state index contributed by atoms with van der Waals surface area (Å²) in [5, 5.41) is 13.1. The van der Waals surface area contributed by atoms with Crippen molar-refractivity contribution in [1.82, 2.24) is 20.0 Å². The summed E-state index contributed by atoms with van der Waals surface area (Å²) in [5.74, 6) is -3.50. The van der Waals surface area contributed by atoms with Crippen LogP contribution in [0.5, 0.6) is 0 Å². The highest BCUT2D eigenvalue weighted by molar-refractivity contribution is 5.90. The van der Waals surface area contributed by atoms with Crippen molar-refractivity contribution in [3.63, 3.8) is 0 Å². The van der Waals surface area contributed by atoms with Crippen LogP contribution < -0.4 is 5.32 Å². The maximum absolute atomic E-state index is 14.4. The lowest BCUT2D eigenvalue weighted by molar-refractivity contribution is -0.148. The van der Waals surface area contributed by atoms with Crippen LogP contribution in [-0.4, -0.2) is 127 Å². The molecule has 0 aromatic heterocycles. The van der Waals surface area contributed by atoms with Crippen LogP contribution in [0.4, 0.5) is 0 Å². The Morgan fingerprint density at radius 3 is 2.09 bits per heavy atom. The largest absolute Gasteiger partial charge is 0.481 e. The Morgan fingerprint density at radius 2 is 1.56 bits per heavy atom. The molecule has 0 radical (unpaired) electrons. The van der Waals surface area contributed by atoms with Crippen LogP contribution in [0.25, 0.3) is 0 Å². The number of rotatable bonds is 26. The van der Waals surface area contributed by atoms with Gasteiger partial charge < -0.3 is 29.7 Å². The number of ether oxygens (including phenoxy) is 2. The molecule has 1 aliphatic heterocycles. The molecule has 2 rings (SSSR count). The SMILES string of the molecule is CCCCCN(C)[C@H](C(=O)N[C@H](C(=O)N(C)[C@@H]([C@@H](C)CC)[C@@H](CC(=O)N1CCC[C@H]1[C@H](OC)[C@@H](C)C(=O)C[C@@H](Cc1ccccc1)C(=O)O)OC)C(C)C)C(C)C. The molecule has 0 spiro atoms. The van der Waals surface area contributed by atoms with Crippen molar-refractivity contribution in [1.29, 1.82) is 0 Å². The molecule has 1 heterocycles. The first kappa shape index (κ1) is 49.8. The molecule has 324 valence electrons. The topological polar surface area (TPSA) is 146 Å². The zero-order chi connectivity index (χ0) is 43.0. The molecule has 1 saturated heterocycles. The van der Waals surface area contributed by atoms with E-state index >= 15 is 0 Å². The maximum Gasteiger partial charge on any atom is 0.307 e. The van der Waals surface area contributed by atoms with Crippen LogP contribution >= 0.6 is 0 Å². The van der Waals surface area contributed by atoms with E-state index in [1.165, 1.54) is 7.11 Å². The minimum Gasteiger partial charge on any atom is -0.481 e. The lowest BCUT2D eigenvalue weighted by Gasteiger charge is -2.41.